The van der Waals surface area contributed by atoms with Crippen LogP contribution < -0.4 is 0 Å². The van der Waals surface area contributed by atoms with Crippen molar-refractivity contribution in [3.05, 3.63) is 120 Å². The van der Waals surface area contributed by atoms with E-state index in [9.17, 15) is 0 Å². The third-order valence-corrected chi connectivity index (χ3v) is 5.63. The van der Waals surface area contributed by atoms with Crippen LogP contribution in [0.2, 0.25) is 0 Å². The summed E-state index contributed by atoms with van der Waals surface area (Å²) >= 11 is 0. The zero-order chi connectivity index (χ0) is 23.3. The number of hydrogen-bond acceptors (Lipinski definition) is 4. The lowest BCUT2D eigenvalue weighted by Gasteiger charge is -2.04. The Morgan fingerprint density at radius 2 is 0.647 bits per heavy atom. The highest BCUT2D eigenvalue weighted by Gasteiger charge is 1.98. The average molecular weight is 447 g/mol. The molecule has 0 bridgehead atoms. The fourth-order valence-corrected chi connectivity index (χ4v) is 3.69. The smallest absolute Gasteiger partial charge is 0.0857 e. The van der Waals surface area contributed by atoms with Gasteiger partial charge in [0.2, 0.25) is 0 Å². The largest absolute Gasteiger partial charge is 0.151 e. The minimum absolute atomic E-state index is 0.871. The summed E-state index contributed by atoms with van der Waals surface area (Å²) in [7, 11) is 0. The standard InChI is InChI=1S/C30H30N4/c1(5-11-25-17-21-29(22-18-25)33-31-27-13-7-3-8-14-27)2-6-12-26-19-23-30(24-20-26)34-32-28-15-9-4-10-16-28/h3-4,7-10,13-24H,1-2,5-6,11-12H2. The van der Waals surface area contributed by atoms with E-state index >= 15 is 0 Å². The number of unbranched alkanes of at least 4 members (excludes halogenated alkanes) is 3. The van der Waals surface area contributed by atoms with Gasteiger partial charge in [-0.15, -0.1) is 0 Å². The van der Waals surface area contributed by atoms with E-state index in [-0.39, 0.29) is 0 Å². The van der Waals surface area contributed by atoms with Crippen molar-refractivity contribution in [3.8, 4) is 0 Å². The molecule has 0 amide bonds. The summed E-state index contributed by atoms with van der Waals surface area (Å²) in [5, 5.41) is 17.2. The Hall–Kier alpha value is -3.92. The molecule has 4 aromatic carbocycles. The summed E-state index contributed by atoms with van der Waals surface area (Å²) in [6.07, 6.45) is 7.14. The number of benzene rings is 4. The molecule has 0 aromatic heterocycles. The molecule has 4 nitrogen and oxygen atoms in total. The monoisotopic (exact) mass is 446 g/mol. The molecule has 170 valence electrons. The highest BCUT2D eigenvalue weighted by atomic mass is 15.1. The maximum atomic E-state index is 4.31. The van der Waals surface area contributed by atoms with Gasteiger partial charge in [-0.05, 0) is 85.3 Å². The first-order valence-electron chi connectivity index (χ1n) is 12.0. The van der Waals surface area contributed by atoms with Gasteiger partial charge in [-0.3, -0.25) is 0 Å². The molecule has 0 aliphatic rings. The number of hydrogen-bond donors (Lipinski definition) is 0. The Bertz CT molecular complexity index is 1070. The second-order valence-corrected chi connectivity index (χ2v) is 8.32. The quantitative estimate of drug-likeness (QED) is 0.163. The van der Waals surface area contributed by atoms with Crippen molar-refractivity contribution in [2.45, 2.75) is 38.5 Å². The second-order valence-electron chi connectivity index (χ2n) is 8.32. The van der Waals surface area contributed by atoms with Crippen molar-refractivity contribution in [3.63, 3.8) is 0 Å². The molecule has 0 radical (unpaired) electrons. The van der Waals surface area contributed by atoms with Gasteiger partial charge in [0, 0.05) is 0 Å². The molecule has 0 fully saturated rings. The van der Waals surface area contributed by atoms with E-state index in [0.717, 1.165) is 35.6 Å². The Morgan fingerprint density at radius 3 is 1.00 bits per heavy atom. The summed E-state index contributed by atoms with van der Waals surface area (Å²) in [6.45, 7) is 0. The number of azo groups is 2. The van der Waals surface area contributed by atoms with Gasteiger partial charge in [-0.25, -0.2) is 0 Å². The minimum atomic E-state index is 0.871. The van der Waals surface area contributed by atoms with Gasteiger partial charge in [-0.1, -0.05) is 73.5 Å². The number of nitrogens with zero attached hydrogens (tertiary/aromatic N) is 4. The molecule has 4 rings (SSSR count). The van der Waals surface area contributed by atoms with Crippen LogP contribution in [-0.2, 0) is 12.8 Å². The summed E-state index contributed by atoms with van der Waals surface area (Å²) in [5.74, 6) is 0. The van der Waals surface area contributed by atoms with E-state index < -0.39 is 0 Å². The van der Waals surface area contributed by atoms with E-state index in [0.29, 0.717) is 0 Å². The van der Waals surface area contributed by atoms with Crippen LogP contribution >= 0.6 is 0 Å². The molecule has 0 aliphatic heterocycles. The molecule has 4 aromatic rings. The van der Waals surface area contributed by atoms with Crippen molar-refractivity contribution in [2.75, 3.05) is 0 Å². The molecule has 0 unspecified atom stereocenters. The van der Waals surface area contributed by atoms with E-state index in [2.05, 4.69) is 44.7 Å². The lowest BCUT2D eigenvalue weighted by molar-refractivity contribution is 0.640. The molecule has 0 N–H and O–H groups in total. The fourth-order valence-electron chi connectivity index (χ4n) is 3.69. The van der Waals surface area contributed by atoms with Crippen LogP contribution in [0.25, 0.3) is 0 Å². The van der Waals surface area contributed by atoms with E-state index in [1.807, 2.05) is 84.9 Å². The van der Waals surface area contributed by atoms with Crippen LogP contribution in [0.4, 0.5) is 22.7 Å². The Morgan fingerprint density at radius 1 is 0.324 bits per heavy atom. The van der Waals surface area contributed by atoms with Gasteiger partial charge >= 0.3 is 0 Å². The predicted octanol–water partition coefficient (Wildman–Crippen LogP) is 9.86. The molecular formula is C30H30N4. The normalized spacial score (nSPS) is 11.4. The summed E-state index contributed by atoms with van der Waals surface area (Å²) in [5.41, 5.74) is 6.24. The third-order valence-electron chi connectivity index (χ3n) is 5.63. The maximum absolute atomic E-state index is 4.31. The van der Waals surface area contributed by atoms with E-state index in [1.165, 1.54) is 36.8 Å². The van der Waals surface area contributed by atoms with Gasteiger partial charge in [-0.2, -0.15) is 20.5 Å². The van der Waals surface area contributed by atoms with Crippen molar-refractivity contribution < 1.29 is 0 Å². The zero-order valence-electron chi connectivity index (χ0n) is 19.4. The van der Waals surface area contributed by atoms with Crippen molar-refractivity contribution in [1.82, 2.24) is 0 Å². The molecule has 34 heavy (non-hydrogen) atoms. The molecule has 0 atom stereocenters. The summed E-state index contributed by atoms with van der Waals surface area (Å²) in [4.78, 5) is 0. The Kier molecular flexibility index (Phi) is 8.85. The number of aryl methyl sites for hydroxylation is 2. The second kappa shape index (κ2) is 12.9. The van der Waals surface area contributed by atoms with Gasteiger partial charge in [0.25, 0.3) is 0 Å². The first kappa shape index (κ1) is 23.2. The molecule has 0 aliphatic carbocycles. The maximum Gasteiger partial charge on any atom is 0.0857 e. The van der Waals surface area contributed by atoms with Crippen LogP contribution in [-0.4, -0.2) is 0 Å². The van der Waals surface area contributed by atoms with Crippen LogP contribution in [0.1, 0.15) is 36.8 Å². The van der Waals surface area contributed by atoms with Gasteiger partial charge in [0.15, 0.2) is 0 Å². The highest BCUT2D eigenvalue weighted by Crippen LogP contribution is 2.21. The van der Waals surface area contributed by atoms with E-state index in [1.54, 1.807) is 0 Å². The first-order valence-corrected chi connectivity index (χ1v) is 12.0. The van der Waals surface area contributed by atoms with Crippen LogP contribution in [0, 0.1) is 0 Å². The first-order chi connectivity index (χ1) is 16.8. The van der Waals surface area contributed by atoms with Crippen LogP contribution in [0.3, 0.4) is 0 Å². The topological polar surface area (TPSA) is 49.4 Å². The predicted molar refractivity (Wildman–Crippen MR) is 140 cm³/mol. The van der Waals surface area contributed by atoms with Gasteiger partial charge < -0.3 is 0 Å². The summed E-state index contributed by atoms with van der Waals surface area (Å²) < 4.78 is 0. The molecule has 4 heteroatoms. The summed E-state index contributed by atoms with van der Waals surface area (Å²) in [6, 6.07) is 36.5. The highest BCUT2D eigenvalue weighted by molar-refractivity contribution is 5.42. The van der Waals surface area contributed by atoms with Crippen LogP contribution in [0.5, 0.6) is 0 Å². The van der Waals surface area contributed by atoms with Crippen molar-refractivity contribution in [2.24, 2.45) is 20.5 Å². The van der Waals surface area contributed by atoms with Crippen LogP contribution in [0.15, 0.2) is 130 Å². The molecule has 0 saturated heterocycles. The van der Waals surface area contributed by atoms with Gasteiger partial charge in [0.05, 0.1) is 22.7 Å². The molecular weight excluding hydrogens is 416 g/mol. The molecule has 0 saturated carbocycles. The van der Waals surface area contributed by atoms with E-state index in [4.69, 9.17) is 0 Å². The zero-order valence-corrected chi connectivity index (χ0v) is 19.4. The average Bonchev–Trinajstić information content (AvgIpc) is 2.91. The Balaban J connectivity index is 1.12. The Labute approximate surface area is 202 Å². The number of rotatable bonds is 11. The fraction of sp³-hybridized carbons (Fsp3) is 0.200. The molecule has 0 spiro atoms. The SMILES string of the molecule is c1ccc(N=Nc2ccc(CCCCCCc3ccc(N=Nc4ccccc4)cc3)cc2)cc1. The minimum Gasteiger partial charge on any atom is -0.151 e. The van der Waals surface area contributed by atoms with Crippen molar-refractivity contribution in [1.29, 1.82) is 0 Å². The third kappa shape index (κ3) is 7.89. The van der Waals surface area contributed by atoms with Gasteiger partial charge in [0.1, 0.15) is 0 Å². The lowest BCUT2D eigenvalue weighted by atomic mass is 10.0. The lowest BCUT2D eigenvalue weighted by Crippen LogP contribution is -1.88. The molecule has 0 heterocycles. The van der Waals surface area contributed by atoms with Crippen molar-refractivity contribution >= 4 is 22.7 Å².